The first-order valence-electron chi connectivity index (χ1n) is 12.4. The molecule has 1 unspecified atom stereocenters. The number of amides is 1. The Balaban J connectivity index is 1.31. The summed E-state index contributed by atoms with van der Waals surface area (Å²) in [7, 11) is 1.92. The number of hydrogen-bond acceptors (Lipinski definition) is 7. The van der Waals surface area contributed by atoms with Gasteiger partial charge in [-0.15, -0.1) is 0 Å². The van der Waals surface area contributed by atoms with Crippen LogP contribution in [-0.4, -0.2) is 62.0 Å². The van der Waals surface area contributed by atoms with E-state index in [-0.39, 0.29) is 17.8 Å². The van der Waals surface area contributed by atoms with Gasteiger partial charge in [-0.25, -0.2) is 9.97 Å². The van der Waals surface area contributed by atoms with Gasteiger partial charge in [-0.3, -0.25) is 19.5 Å². The van der Waals surface area contributed by atoms with Crippen LogP contribution in [0.4, 0.5) is 5.69 Å². The van der Waals surface area contributed by atoms with Gasteiger partial charge in [0.1, 0.15) is 5.52 Å². The standard InChI is InChI=1S/C25H30BrN7O3/c1-3-4-5-10-36-24(35)20-16(11-15-12-27-14-32(15)2)19(20)23(34)33-9-8-28-25(33)31-17-6-7-18-22(21(17)26)30-13-29-18/h6-7,12-14,16,19-20H,3-5,8-11H2,1-2H3,(H,28,31)(H,29,30)/t16-,19+,20?/m1/s1. The number of aromatic amines is 1. The van der Waals surface area contributed by atoms with E-state index < -0.39 is 11.8 Å². The van der Waals surface area contributed by atoms with Crippen molar-refractivity contribution in [3.8, 4) is 0 Å². The van der Waals surface area contributed by atoms with E-state index in [1.807, 2.05) is 23.7 Å². The number of aromatic nitrogens is 4. The van der Waals surface area contributed by atoms with E-state index in [1.165, 1.54) is 0 Å². The first-order chi connectivity index (χ1) is 17.5. The number of guanidine groups is 1. The summed E-state index contributed by atoms with van der Waals surface area (Å²) in [6, 6.07) is 3.83. The molecule has 1 amide bonds. The van der Waals surface area contributed by atoms with Crippen LogP contribution in [0.25, 0.3) is 11.0 Å². The van der Waals surface area contributed by atoms with Crippen LogP contribution < -0.4 is 5.32 Å². The van der Waals surface area contributed by atoms with Gasteiger partial charge in [-0.05, 0) is 46.8 Å². The number of nitrogens with zero attached hydrogens (tertiary/aromatic N) is 5. The molecule has 1 aliphatic heterocycles. The molecule has 3 aromatic rings. The predicted molar refractivity (Wildman–Crippen MR) is 139 cm³/mol. The maximum absolute atomic E-state index is 13.7. The molecule has 2 aliphatic rings. The van der Waals surface area contributed by atoms with Crippen molar-refractivity contribution in [2.45, 2.75) is 32.6 Å². The lowest BCUT2D eigenvalue weighted by atomic mass is 10.1. The average Bonchev–Trinajstić information content (AvgIpc) is 3.27. The van der Waals surface area contributed by atoms with Gasteiger partial charge in [0.2, 0.25) is 11.9 Å². The molecule has 1 saturated carbocycles. The van der Waals surface area contributed by atoms with Crippen molar-refractivity contribution in [3.63, 3.8) is 0 Å². The van der Waals surface area contributed by atoms with Crippen LogP contribution in [-0.2, 0) is 27.8 Å². The molecule has 10 nitrogen and oxygen atoms in total. The Kier molecular flexibility index (Phi) is 7.08. The first kappa shape index (κ1) is 24.5. The summed E-state index contributed by atoms with van der Waals surface area (Å²) in [5, 5.41) is 3.29. The number of halogens is 1. The van der Waals surface area contributed by atoms with Gasteiger partial charge in [0.15, 0.2) is 0 Å². The maximum Gasteiger partial charge on any atom is 0.310 e. The fraction of sp³-hybridized carbons (Fsp3) is 0.480. The second kappa shape index (κ2) is 10.4. The van der Waals surface area contributed by atoms with Crippen LogP contribution in [0.3, 0.4) is 0 Å². The Bertz CT molecular complexity index is 1300. The van der Waals surface area contributed by atoms with E-state index in [4.69, 9.17) is 4.74 Å². The number of anilines is 1. The number of esters is 1. The minimum atomic E-state index is -0.456. The van der Waals surface area contributed by atoms with E-state index in [2.05, 4.69) is 48.1 Å². The van der Waals surface area contributed by atoms with Crippen molar-refractivity contribution >= 4 is 50.5 Å². The number of rotatable bonds is 9. The molecule has 1 aromatic carbocycles. The lowest BCUT2D eigenvalue weighted by Gasteiger charge is -2.20. The number of aryl methyl sites for hydroxylation is 1. The highest BCUT2D eigenvalue weighted by Crippen LogP contribution is 2.50. The van der Waals surface area contributed by atoms with Crippen molar-refractivity contribution in [2.75, 3.05) is 25.0 Å². The van der Waals surface area contributed by atoms with Gasteiger partial charge < -0.3 is 19.6 Å². The molecule has 0 bridgehead atoms. The van der Waals surface area contributed by atoms with Gasteiger partial charge >= 0.3 is 5.97 Å². The van der Waals surface area contributed by atoms with Crippen molar-refractivity contribution in [1.29, 1.82) is 0 Å². The fourth-order valence-electron chi connectivity index (χ4n) is 4.87. The van der Waals surface area contributed by atoms with Crippen molar-refractivity contribution in [3.05, 3.63) is 41.2 Å². The second-order valence-electron chi connectivity index (χ2n) is 9.34. The number of aliphatic imine (C=N–C) groups is 1. The van der Waals surface area contributed by atoms with Gasteiger partial charge in [0.05, 0.1) is 53.3 Å². The number of imidazole rings is 2. The van der Waals surface area contributed by atoms with Crippen LogP contribution in [0.5, 0.6) is 0 Å². The van der Waals surface area contributed by atoms with E-state index in [9.17, 15) is 9.59 Å². The zero-order valence-corrected chi connectivity index (χ0v) is 22.0. The largest absolute Gasteiger partial charge is 0.465 e. The number of carbonyl (C=O) groups excluding carboxylic acids is 2. The molecular weight excluding hydrogens is 526 g/mol. The van der Waals surface area contributed by atoms with E-state index in [0.717, 1.165) is 46.1 Å². The third-order valence-corrected chi connectivity index (χ3v) is 7.77. The minimum absolute atomic E-state index is 0.0987. The maximum atomic E-state index is 13.7. The number of ether oxygens (including phenoxy) is 1. The molecular formula is C25H30BrN7O3. The number of nitrogens with one attached hydrogen (secondary N) is 2. The summed E-state index contributed by atoms with van der Waals surface area (Å²) in [5.41, 5.74) is 3.46. The highest BCUT2D eigenvalue weighted by molar-refractivity contribution is 9.10. The van der Waals surface area contributed by atoms with Gasteiger partial charge in [-0.1, -0.05) is 19.8 Å². The topological polar surface area (TPSA) is 118 Å². The molecule has 0 saturated heterocycles. The third kappa shape index (κ3) is 4.76. The number of carbonyl (C=O) groups is 2. The molecule has 0 radical (unpaired) electrons. The number of hydrogen-bond donors (Lipinski definition) is 2. The van der Waals surface area contributed by atoms with Crippen molar-refractivity contribution in [1.82, 2.24) is 24.4 Å². The van der Waals surface area contributed by atoms with Crippen molar-refractivity contribution in [2.24, 2.45) is 29.8 Å². The molecule has 0 spiro atoms. The molecule has 5 rings (SSSR count). The van der Waals surface area contributed by atoms with Crippen LogP contribution in [0, 0.1) is 17.8 Å². The summed E-state index contributed by atoms with van der Waals surface area (Å²) in [5.74, 6) is -0.922. The normalized spacial score (nSPS) is 21.0. The molecule has 2 N–H and O–H groups in total. The Hall–Kier alpha value is -3.21. The van der Waals surface area contributed by atoms with Crippen LogP contribution >= 0.6 is 15.9 Å². The molecule has 3 atom stereocenters. The fourth-order valence-corrected chi connectivity index (χ4v) is 5.42. The predicted octanol–water partition coefficient (Wildman–Crippen LogP) is 3.51. The van der Waals surface area contributed by atoms with E-state index >= 15 is 0 Å². The average molecular weight is 556 g/mol. The minimum Gasteiger partial charge on any atom is -0.465 e. The monoisotopic (exact) mass is 555 g/mol. The summed E-state index contributed by atoms with van der Waals surface area (Å²) < 4.78 is 8.28. The molecule has 2 aromatic heterocycles. The number of unbranched alkanes of at least 4 members (excludes halogenated alkanes) is 2. The number of fused-ring (bicyclic) bond motifs is 1. The highest BCUT2D eigenvalue weighted by Gasteiger charge is 2.61. The Morgan fingerprint density at radius 3 is 2.92 bits per heavy atom. The molecule has 1 aliphatic carbocycles. The second-order valence-corrected chi connectivity index (χ2v) is 10.1. The van der Waals surface area contributed by atoms with Crippen LogP contribution in [0.15, 0.2) is 40.4 Å². The summed E-state index contributed by atoms with van der Waals surface area (Å²) >= 11 is 3.61. The van der Waals surface area contributed by atoms with E-state index in [0.29, 0.717) is 32.1 Å². The van der Waals surface area contributed by atoms with Crippen LogP contribution in [0.2, 0.25) is 0 Å². The quantitative estimate of drug-likeness (QED) is 0.308. The van der Waals surface area contributed by atoms with Crippen LogP contribution in [0.1, 0.15) is 31.9 Å². The molecule has 190 valence electrons. The van der Waals surface area contributed by atoms with Gasteiger partial charge in [0.25, 0.3) is 0 Å². The van der Waals surface area contributed by atoms with Crippen molar-refractivity contribution < 1.29 is 14.3 Å². The van der Waals surface area contributed by atoms with E-state index in [1.54, 1.807) is 23.8 Å². The molecule has 1 fully saturated rings. The third-order valence-electron chi connectivity index (χ3n) is 6.96. The number of H-pyrrole nitrogens is 1. The smallest absolute Gasteiger partial charge is 0.310 e. The molecule has 11 heteroatoms. The van der Waals surface area contributed by atoms with Gasteiger partial charge in [-0.2, -0.15) is 0 Å². The first-order valence-corrected chi connectivity index (χ1v) is 13.1. The Labute approximate surface area is 217 Å². The molecule has 36 heavy (non-hydrogen) atoms. The zero-order valence-electron chi connectivity index (χ0n) is 20.4. The summed E-state index contributed by atoms with van der Waals surface area (Å²) in [6.07, 6.45) is 8.65. The SMILES string of the molecule is CCCCCOC(=O)C1[C@@H](C(=O)N2CCN=C2Nc2ccc3[nH]cnc3c2Br)[C@H]1Cc1cncn1C. The molecule has 3 heterocycles. The highest BCUT2D eigenvalue weighted by atomic mass is 79.9. The summed E-state index contributed by atoms with van der Waals surface area (Å²) in [6.45, 7) is 3.47. The Morgan fingerprint density at radius 2 is 2.14 bits per heavy atom. The lowest BCUT2D eigenvalue weighted by Crippen LogP contribution is -2.40. The van der Waals surface area contributed by atoms with Gasteiger partial charge in [0, 0.05) is 25.5 Å². The lowest BCUT2D eigenvalue weighted by molar-refractivity contribution is -0.147. The summed E-state index contributed by atoms with van der Waals surface area (Å²) in [4.78, 5) is 44.5. The zero-order chi connectivity index (χ0) is 25.2. The Morgan fingerprint density at radius 1 is 1.28 bits per heavy atom. The number of benzene rings is 1.